The van der Waals surface area contributed by atoms with Crippen LogP contribution in [0.4, 0.5) is 5.69 Å². The molecule has 0 atom stereocenters. The first-order valence-corrected chi connectivity index (χ1v) is 7.49. The van der Waals surface area contributed by atoms with Gasteiger partial charge in [-0.2, -0.15) is 0 Å². The maximum absolute atomic E-state index is 5.89. The van der Waals surface area contributed by atoms with E-state index >= 15 is 0 Å². The summed E-state index contributed by atoms with van der Waals surface area (Å²) in [5, 5.41) is 3.09. The number of methoxy groups -OCH3 is 1. The van der Waals surface area contributed by atoms with Crippen LogP contribution in [0, 0.1) is 13.8 Å². The molecule has 0 bridgehead atoms. The predicted molar refractivity (Wildman–Crippen MR) is 110 cm³/mol. The van der Waals surface area contributed by atoms with Gasteiger partial charge in [0.15, 0.2) is 5.96 Å². The zero-order chi connectivity index (χ0) is 16.7. The van der Waals surface area contributed by atoms with Crippen molar-refractivity contribution in [1.82, 2.24) is 0 Å². The summed E-state index contributed by atoms with van der Waals surface area (Å²) >= 11 is 0. The van der Waals surface area contributed by atoms with Crippen molar-refractivity contribution in [2.24, 2.45) is 10.7 Å². The van der Waals surface area contributed by atoms with Gasteiger partial charge in [0.1, 0.15) is 18.1 Å². The molecule has 0 aliphatic carbocycles. The Hall–Kier alpha value is -1.96. The lowest BCUT2D eigenvalue weighted by molar-refractivity contribution is 0.325. The van der Waals surface area contributed by atoms with Crippen LogP contribution in [-0.4, -0.2) is 26.2 Å². The molecule has 6 heteroatoms. The average Bonchev–Trinajstić information content (AvgIpc) is 2.51. The lowest BCUT2D eigenvalue weighted by Gasteiger charge is -2.09. The van der Waals surface area contributed by atoms with E-state index in [1.54, 1.807) is 7.11 Å². The average molecular weight is 441 g/mol. The quantitative estimate of drug-likeness (QED) is 0.310. The first-order valence-electron chi connectivity index (χ1n) is 7.49. The topological polar surface area (TPSA) is 68.9 Å². The number of aliphatic imine (C=N–C) groups is 1. The second-order valence-electron chi connectivity index (χ2n) is 5.30. The number of anilines is 1. The smallest absolute Gasteiger partial charge is 0.193 e. The standard InChI is InChI=1S/C18H23N3O2.HI/c1-13-9-14(2)11-15(10-13)21-18(19)20-7-8-23-17-6-4-5-16(12-17)22-3;/h4-6,9-12H,7-8H2,1-3H3,(H3,19,20,21);1H. The zero-order valence-electron chi connectivity index (χ0n) is 14.2. The van der Waals surface area contributed by atoms with Gasteiger partial charge in [0.25, 0.3) is 0 Å². The molecular weight excluding hydrogens is 417 g/mol. The van der Waals surface area contributed by atoms with Gasteiger partial charge in [0, 0.05) is 11.8 Å². The molecule has 130 valence electrons. The fraction of sp³-hybridized carbons (Fsp3) is 0.278. The minimum atomic E-state index is 0. The lowest BCUT2D eigenvalue weighted by Crippen LogP contribution is -2.23. The number of hydrogen-bond acceptors (Lipinski definition) is 3. The van der Waals surface area contributed by atoms with Crippen LogP contribution in [0.15, 0.2) is 47.5 Å². The largest absolute Gasteiger partial charge is 0.497 e. The maximum atomic E-state index is 5.89. The van der Waals surface area contributed by atoms with E-state index in [1.165, 1.54) is 11.1 Å². The highest BCUT2D eigenvalue weighted by molar-refractivity contribution is 14.0. The normalized spacial score (nSPS) is 10.7. The minimum absolute atomic E-state index is 0. The van der Waals surface area contributed by atoms with E-state index in [4.69, 9.17) is 15.2 Å². The third-order valence-corrected chi connectivity index (χ3v) is 3.18. The monoisotopic (exact) mass is 441 g/mol. The Balaban J connectivity index is 0.00000288. The van der Waals surface area contributed by atoms with Crippen LogP contribution in [0.5, 0.6) is 11.5 Å². The third-order valence-electron chi connectivity index (χ3n) is 3.18. The van der Waals surface area contributed by atoms with E-state index in [9.17, 15) is 0 Å². The van der Waals surface area contributed by atoms with Gasteiger partial charge in [0.05, 0.1) is 13.7 Å². The number of guanidine groups is 1. The fourth-order valence-corrected chi connectivity index (χ4v) is 2.25. The molecule has 0 aromatic heterocycles. The first-order chi connectivity index (χ1) is 11.1. The number of aryl methyl sites for hydroxylation is 2. The first kappa shape index (κ1) is 20.1. The van der Waals surface area contributed by atoms with Gasteiger partial charge in [-0.1, -0.05) is 12.1 Å². The Kier molecular flexibility index (Phi) is 8.39. The number of hydrogen-bond donors (Lipinski definition) is 2. The van der Waals surface area contributed by atoms with Crippen LogP contribution >= 0.6 is 24.0 Å². The van der Waals surface area contributed by atoms with E-state index in [0.717, 1.165) is 17.2 Å². The predicted octanol–water partition coefficient (Wildman–Crippen LogP) is 3.74. The number of halogens is 1. The molecule has 0 saturated carbocycles. The van der Waals surface area contributed by atoms with Crippen molar-refractivity contribution in [2.75, 3.05) is 25.6 Å². The fourth-order valence-electron chi connectivity index (χ4n) is 2.25. The van der Waals surface area contributed by atoms with Crippen LogP contribution < -0.4 is 20.5 Å². The molecule has 2 aromatic rings. The highest BCUT2D eigenvalue weighted by atomic mass is 127. The second kappa shape index (κ2) is 10.0. The molecule has 0 spiro atoms. The van der Waals surface area contributed by atoms with Gasteiger partial charge in [-0.15, -0.1) is 24.0 Å². The van der Waals surface area contributed by atoms with Gasteiger partial charge in [-0.25, -0.2) is 4.99 Å². The molecule has 24 heavy (non-hydrogen) atoms. The highest BCUT2D eigenvalue weighted by Gasteiger charge is 1.99. The number of benzene rings is 2. The van der Waals surface area contributed by atoms with E-state index in [-0.39, 0.29) is 24.0 Å². The molecule has 5 nitrogen and oxygen atoms in total. The van der Waals surface area contributed by atoms with Crippen molar-refractivity contribution >= 4 is 35.6 Å². The molecule has 0 amide bonds. The Bertz CT molecular complexity index is 669. The summed E-state index contributed by atoms with van der Waals surface area (Å²) in [6.45, 7) is 5.02. The van der Waals surface area contributed by atoms with E-state index in [2.05, 4.69) is 16.4 Å². The Morgan fingerprint density at radius 3 is 2.42 bits per heavy atom. The summed E-state index contributed by atoms with van der Waals surface area (Å²) in [5.41, 5.74) is 9.20. The SMILES string of the molecule is COc1cccc(OCCN=C(N)Nc2cc(C)cc(C)c2)c1.I. The van der Waals surface area contributed by atoms with Gasteiger partial charge < -0.3 is 20.5 Å². The van der Waals surface area contributed by atoms with Crippen molar-refractivity contribution in [2.45, 2.75) is 13.8 Å². The molecule has 0 heterocycles. The van der Waals surface area contributed by atoms with Crippen LogP contribution in [-0.2, 0) is 0 Å². The molecule has 0 aliphatic heterocycles. The lowest BCUT2D eigenvalue weighted by atomic mass is 10.1. The summed E-state index contributed by atoms with van der Waals surface area (Å²) in [5.74, 6) is 1.90. The third kappa shape index (κ3) is 6.66. The van der Waals surface area contributed by atoms with Crippen molar-refractivity contribution in [3.8, 4) is 11.5 Å². The summed E-state index contributed by atoms with van der Waals surface area (Å²) in [4.78, 5) is 4.26. The summed E-state index contributed by atoms with van der Waals surface area (Å²) in [6, 6.07) is 13.6. The van der Waals surface area contributed by atoms with Gasteiger partial charge in [-0.3, -0.25) is 0 Å². The Labute approximate surface area is 160 Å². The highest BCUT2D eigenvalue weighted by Crippen LogP contribution is 2.18. The van der Waals surface area contributed by atoms with Crippen LogP contribution in [0.2, 0.25) is 0 Å². The van der Waals surface area contributed by atoms with Crippen LogP contribution in [0.3, 0.4) is 0 Å². The number of rotatable bonds is 6. The van der Waals surface area contributed by atoms with Crippen LogP contribution in [0.25, 0.3) is 0 Å². The molecule has 0 fully saturated rings. The Morgan fingerprint density at radius 1 is 1.08 bits per heavy atom. The van der Waals surface area contributed by atoms with E-state index < -0.39 is 0 Å². The molecule has 2 rings (SSSR count). The maximum Gasteiger partial charge on any atom is 0.193 e. The molecule has 3 N–H and O–H groups in total. The Morgan fingerprint density at radius 2 is 1.75 bits per heavy atom. The minimum Gasteiger partial charge on any atom is -0.497 e. The van der Waals surface area contributed by atoms with Crippen molar-refractivity contribution in [1.29, 1.82) is 0 Å². The van der Waals surface area contributed by atoms with Gasteiger partial charge >= 0.3 is 0 Å². The van der Waals surface area contributed by atoms with Crippen molar-refractivity contribution in [3.63, 3.8) is 0 Å². The molecule has 0 radical (unpaired) electrons. The summed E-state index contributed by atoms with van der Waals surface area (Å²) < 4.78 is 10.8. The molecule has 2 aromatic carbocycles. The second-order valence-corrected chi connectivity index (χ2v) is 5.30. The molecule has 0 saturated heterocycles. The zero-order valence-corrected chi connectivity index (χ0v) is 16.5. The van der Waals surface area contributed by atoms with Crippen molar-refractivity contribution < 1.29 is 9.47 Å². The number of ether oxygens (including phenoxy) is 2. The van der Waals surface area contributed by atoms with Gasteiger partial charge in [-0.05, 0) is 49.2 Å². The molecule has 0 aliphatic rings. The van der Waals surface area contributed by atoms with E-state index in [0.29, 0.717) is 19.1 Å². The van der Waals surface area contributed by atoms with Gasteiger partial charge in [0.2, 0.25) is 0 Å². The van der Waals surface area contributed by atoms with Crippen molar-refractivity contribution in [3.05, 3.63) is 53.6 Å². The number of nitrogens with two attached hydrogens (primary N) is 1. The molecular formula is C18H24IN3O2. The summed E-state index contributed by atoms with van der Waals surface area (Å²) in [6.07, 6.45) is 0. The van der Waals surface area contributed by atoms with E-state index in [1.807, 2.05) is 50.2 Å². The number of nitrogens with zero attached hydrogens (tertiary/aromatic N) is 1. The van der Waals surface area contributed by atoms with Crippen LogP contribution in [0.1, 0.15) is 11.1 Å². The number of nitrogens with one attached hydrogen (secondary N) is 1. The summed E-state index contributed by atoms with van der Waals surface area (Å²) in [7, 11) is 1.63. The molecule has 0 unspecified atom stereocenters.